The number of hydrogen-bond donors (Lipinski definition) is 1. The minimum Gasteiger partial charge on any atom is -0.495 e. The molecule has 260 valence electrons. The van der Waals surface area contributed by atoms with E-state index in [2.05, 4.69) is 5.32 Å². The number of carbonyl (C=O) groups is 2. The molecule has 0 aliphatic carbocycles. The molecule has 0 aliphatic rings. The monoisotopic (exact) mass is 711 g/mol. The fraction of sp³-hybridized carbons (Fsp3) is 0.278. The number of ether oxygens (including phenoxy) is 3. The molecule has 4 rings (SSSR count). The third-order valence-electron chi connectivity index (χ3n) is 7.75. The van der Waals surface area contributed by atoms with Gasteiger partial charge in [0.05, 0.1) is 31.9 Å². The van der Waals surface area contributed by atoms with Gasteiger partial charge in [-0.3, -0.25) is 13.9 Å². The fourth-order valence-corrected chi connectivity index (χ4v) is 6.80. The molecule has 0 unspecified atom stereocenters. The molecule has 0 aliphatic heterocycles. The molecule has 0 radical (unpaired) electrons. The highest BCUT2D eigenvalue weighted by molar-refractivity contribution is 7.92. The summed E-state index contributed by atoms with van der Waals surface area (Å²) < 4.78 is 61.2. The molecule has 0 aromatic heterocycles. The molecular weight excluding hydrogens is 673 g/mol. The van der Waals surface area contributed by atoms with Crippen LogP contribution in [0.1, 0.15) is 24.5 Å². The Hall–Kier alpha value is -4.81. The number of nitrogens with one attached hydrogen (secondary N) is 1. The summed E-state index contributed by atoms with van der Waals surface area (Å²) in [6.07, 6.45) is 0.719. The van der Waals surface area contributed by atoms with E-state index in [1.54, 1.807) is 6.07 Å². The first-order chi connectivity index (χ1) is 23.5. The second-order valence-electron chi connectivity index (χ2n) is 11.0. The van der Waals surface area contributed by atoms with Gasteiger partial charge in [0.1, 0.15) is 24.2 Å². The Labute approximate surface area is 291 Å². The van der Waals surface area contributed by atoms with Crippen LogP contribution < -0.4 is 23.8 Å². The number of hydrogen-bond acceptors (Lipinski definition) is 7. The van der Waals surface area contributed by atoms with Crippen molar-refractivity contribution in [2.45, 2.75) is 37.2 Å². The van der Waals surface area contributed by atoms with Gasteiger partial charge < -0.3 is 24.4 Å². The van der Waals surface area contributed by atoms with E-state index in [9.17, 15) is 18.0 Å². The maximum atomic E-state index is 15.1. The summed E-state index contributed by atoms with van der Waals surface area (Å²) in [6.45, 7) is 1.11. The van der Waals surface area contributed by atoms with Crippen LogP contribution in [-0.4, -0.2) is 65.6 Å². The van der Waals surface area contributed by atoms with Gasteiger partial charge in [-0.1, -0.05) is 67.1 Å². The van der Waals surface area contributed by atoms with E-state index in [1.807, 2.05) is 37.3 Å². The van der Waals surface area contributed by atoms with Crippen molar-refractivity contribution in [2.75, 3.05) is 38.7 Å². The van der Waals surface area contributed by atoms with Crippen LogP contribution in [0, 0.1) is 5.82 Å². The summed E-state index contributed by atoms with van der Waals surface area (Å²) >= 11 is 6.35. The summed E-state index contributed by atoms with van der Waals surface area (Å²) in [7, 11) is -0.412. The van der Waals surface area contributed by atoms with E-state index in [4.69, 9.17) is 25.8 Å². The number of halogens is 2. The van der Waals surface area contributed by atoms with Crippen molar-refractivity contribution in [2.24, 2.45) is 0 Å². The van der Waals surface area contributed by atoms with Gasteiger partial charge >= 0.3 is 0 Å². The maximum Gasteiger partial charge on any atom is 0.265 e. The SMILES string of the molecule is CCCNC(=O)[C@@H](Cc1ccccc1)N(Cc1ccccc1F)C(=O)CN(c1cc(Cl)ccc1OC)S(=O)(=O)c1ccc(OC)c(OC)c1. The summed E-state index contributed by atoms with van der Waals surface area (Å²) in [4.78, 5) is 29.4. The zero-order valence-electron chi connectivity index (χ0n) is 27.7. The van der Waals surface area contributed by atoms with Crippen molar-refractivity contribution in [1.82, 2.24) is 10.2 Å². The molecule has 1 atom stereocenters. The number of carbonyl (C=O) groups excluding carboxylic acids is 2. The minimum atomic E-state index is -4.55. The Morgan fingerprint density at radius 2 is 1.51 bits per heavy atom. The van der Waals surface area contributed by atoms with E-state index in [1.165, 1.54) is 80.8 Å². The molecular formula is C36H39ClFN3O7S. The third-order valence-corrected chi connectivity index (χ3v) is 9.74. The number of methoxy groups -OCH3 is 3. The normalized spacial score (nSPS) is 11.7. The second-order valence-corrected chi connectivity index (χ2v) is 13.3. The van der Waals surface area contributed by atoms with Crippen LogP contribution >= 0.6 is 11.6 Å². The Kier molecular flexibility index (Phi) is 12.9. The highest BCUT2D eigenvalue weighted by Crippen LogP contribution is 2.37. The van der Waals surface area contributed by atoms with Crippen LogP contribution in [0.4, 0.5) is 10.1 Å². The van der Waals surface area contributed by atoms with Crippen LogP contribution in [0.25, 0.3) is 0 Å². The molecule has 0 saturated carbocycles. The summed E-state index contributed by atoms with van der Waals surface area (Å²) in [5.41, 5.74) is 0.864. The van der Waals surface area contributed by atoms with Crippen molar-refractivity contribution in [1.29, 1.82) is 0 Å². The van der Waals surface area contributed by atoms with Crippen molar-refractivity contribution >= 4 is 39.1 Å². The first-order valence-corrected chi connectivity index (χ1v) is 17.3. The predicted octanol–water partition coefficient (Wildman–Crippen LogP) is 5.87. The quantitative estimate of drug-likeness (QED) is 0.155. The molecule has 4 aromatic carbocycles. The lowest BCUT2D eigenvalue weighted by molar-refractivity contribution is -0.140. The molecule has 0 heterocycles. The van der Waals surface area contributed by atoms with Gasteiger partial charge in [-0.2, -0.15) is 0 Å². The minimum absolute atomic E-state index is 0.0287. The van der Waals surface area contributed by atoms with Crippen LogP contribution in [0.5, 0.6) is 17.2 Å². The van der Waals surface area contributed by atoms with Crippen LogP contribution in [0.15, 0.2) is 95.9 Å². The average Bonchev–Trinajstić information content (AvgIpc) is 3.11. The molecule has 0 spiro atoms. The van der Waals surface area contributed by atoms with Crippen molar-refractivity contribution in [3.8, 4) is 17.2 Å². The number of sulfonamides is 1. The lowest BCUT2D eigenvalue weighted by Crippen LogP contribution is -2.53. The predicted molar refractivity (Wildman–Crippen MR) is 186 cm³/mol. The molecule has 49 heavy (non-hydrogen) atoms. The molecule has 13 heteroatoms. The Bertz CT molecular complexity index is 1860. The molecule has 0 bridgehead atoms. The van der Waals surface area contributed by atoms with Gasteiger partial charge in [-0.25, -0.2) is 12.8 Å². The second kappa shape index (κ2) is 17.0. The molecule has 2 amide bonds. The van der Waals surface area contributed by atoms with E-state index >= 15 is 4.39 Å². The molecule has 0 fully saturated rings. The van der Waals surface area contributed by atoms with Crippen molar-refractivity contribution < 1.29 is 36.6 Å². The van der Waals surface area contributed by atoms with E-state index in [0.29, 0.717) is 18.7 Å². The number of anilines is 1. The Morgan fingerprint density at radius 1 is 0.857 bits per heavy atom. The number of rotatable bonds is 16. The largest absolute Gasteiger partial charge is 0.495 e. The Morgan fingerprint density at radius 3 is 2.16 bits per heavy atom. The third kappa shape index (κ3) is 9.01. The topological polar surface area (TPSA) is 114 Å². The molecule has 4 aromatic rings. The smallest absolute Gasteiger partial charge is 0.265 e. The summed E-state index contributed by atoms with van der Waals surface area (Å²) in [5.74, 6) is -1.28. The van der Waals surface area contributed by atoms with Crippen LogP contribution in [0.2, 0.25) is 5.02 Å². The van der Waals surface area contributed by atoms with Crippen LogP contribution in [0.3, 0.4) is 0 Å². The zero-order chi connectivity index (χ0) is 35.6. The van der Waals surface area contributed by atoms with Crippen molar-refractivity contribution in [3.63, 3.8) is 0 Å². The van der Waals surface area contributed by atoms with E-state index < -0.39 is 40.2 Å². The van der Waals surface area contributed by atoms with Gasteiger partial charge in [0.2, 0.25) is 11.8 Å². The molecule has 0 saturated heterocycles. The number of benzene rings is 4. The van der Waals surface area contributed by atoms with Crippen LogP contribution in [-0.2, 0) is 32.6 Å². The molecule has 1 N–H and O–H groups in total. The maximum absolute atomic E-state index is 15.1. The van der Waals surface area contributed by atoms with Gasteiger partial charge in [0.15, 0.2) is 11.5 Å². The fourth-order valence-electron chi connectivity index (χ4n) is 5.21. The first kappa shape index (κ1) is 37.0. The standard InChI is InChI=1S/C36H39ClFN3O7S/c1-5-19-39-36(43)31(20-25-11-7-6-8-12-25)40(23-26-13-9-10-14-29(26)38)35(42)24-41(30-21-27(37)15-17-32(30)46-2)49(44,45)28-16-18-33(47-3)34(22-28)48-4/h6-18,21-22,31H,5,19-20,23-24H2,1-4H3,(H,39,43)/t31-/m1/s1. The first-order valence-electron chi connectivity index (χ1n) is 15.5. The van der Waals surface area contributed by atoms with Gasteiger partial charge in [-0.05, 0) is 48.4 Å². The highest BCUT2D eigenvalue weighted by Gasteiger charge is 2.36. The average molecular weight is 712 g/mol. The Balaban J connectivity index is 1.88. The van der Waals surface area contributed by atoms with E-state index in [-0.39, 0.29) is 45.6 Å². The lowest BCUT2D eigenvalue weighted by Gasteiger charge is -2.34. The van der Waals surface area contributed by atoms with Crippen molar-refractivity contribution in [3.05, 3.63) is 113 Å². The van der Waals surface area contributed by atoms with Gasteiger partial charge in [0, 0.05) is 36.2 Å². The zero-order valence-corrected chi connectivity index (χ0v) is 29.3. The number of nitrogens with zero attached hydrogens (tertiary/aromatic N) is 2. The lowest BCUT2D eigenvalue weighted by atomic mass is 10.0. The van der Waals surface area contributed by atoms with Gasteiger partial charge in [0.25, 0.3) is 10.0 Å². The van der Waals surface area contributed by atoms with E-state index in [0.717, 1.165) is 9.87 Å². The highest BCUT2D eigenvalue weighted by atomic mass is 35.5. The summed E-state index contributed by atoms with van der Waals surface area (Å²) in [5, 5.41) is 3.04. The molecule has 10 nitrogen and oxygen atoms in total. The van der Waals surface area contributed by atoms with Gasteiger partial charge in [-0.15, -0.1) is 0 Å². The number of amides is 2. The summed E-state index contributed by atoms with van der Waals surface area (Å²) in [6, 6.07) is 22.2.